The van der Waals surface area contributed by atoms with Gasteiger partial charge in [0, 0.05) is 11.1 Å². The zero-order valence-electron chi connectivity index (χ0n) is 16.9. The summed E-state index contributed by atoms with van der Waals surface area (Å²) in [6, 6.07) is 10.1. The van der Waals surface area contributed by atoms with E-state index in [4.69, 9.17) is 30.2 Å². The van der Waals surface area contributed by atoms with Gasteiger partial charge in [-0.15, -0.1) is 0 Å². The Morgan fingerprint density at radius 2 is 1.38 bits per heavy atom. The second-order valence-corrected chi connectivity index (χ2v) is 8.13. The van der Waals surface area contributed by atoms with Crippen molar-refractivity contribution in [3.8, 4) is 11.5 Å². The number of nitrogens with zero attached hydrogens (tertiary/aromatic N) is 2. The van der Waals surface area contributed by atoms with Crippen molar-refractivity contribution in [3.05, 3.63) is 77.4 Å². The lowest BCUT2D eigenvalue weighted by Gasteiger charge is -2.07. The van der Waals surface area contributed by atoms with Crippen LogP contribution >= 0.6 is 11.6 Å². The summed E-state index contributed by atoms with van der Waals surface area (Å²) in [5.41, 5.74) is 0.704. The first-order valence-electron chi connectivity index (χ1n) is 8.96. The molecule has 0 atom stereocenters. The van der Waals surface area contributed by atoms with Crippen LogP contribution in [0.5, 0.6) is 11.5 Å². The molecule has 166 valence electrons. The van der Waals surface area contributed by atoms with Gasteiger partial charge in [-0.05, 0) is 60.7 Å². The second kappa shape index (κ2) is 10.1. The fraction of sp³-hybridized carbons (Fsp3) is 0.0952. The van der Waals surface area contributed by atoms with Crippen molar-refractivity contribution < 1.29 is 31.8 Å². The Morgan fingerprint density at radius 1 is 0.844 bits per heavy atom. The molecule has 0 heterocycles. The van der Waals surface area contributed by atoms with Crippen molar-refractivity contribution in [2.24, 2.45) is 10.3 Å². The van der Waals surface area contributed by atoms with Gasteiger partial charge in [0.1, 0.15) is 27.8 Å². The number of benzene rings is 2. The Labute approximate surface area is 189 Å². The Bertz CT molecular complexity index is 1190. The molecule has 32 heavy (non-hydrogen) atoms. The molecule has 11 heteroatoms. The topological polar surface area (TPSA) is 113 Å². The second-order valence-electron chi connectivity index (χ2n) is 6.16. The Balaban J connectivity index is 1.63. The average Bonchev–Trinajstić information content (AvgIpc) is 2.81. The first-order chi connectivity index (χ1) is 15.3. The van der Waals surface area contributed by atoms with E-state index in [1.165, 1.54) is 74.9 Å². The van der Waals surface area contributed by atoms with Crippen LogP contribution in [0.4, 0.5) is 0 Å². The summed E-state index contributed by atoms with van der Waals surface area (Å²) in [7, 11) is -1.16. The predicted molar refractivity (Wildman–Crippen MR) is 118 cm³/mol. The number of allylic oxidation sites excluding steroid dienone is 4. The molecule has 0 unspecified atom stereocenters. The number of hydrogen-bond acceptors (Lipinski definition) is 9. The van der Waals surface area contributed by atoms with E-state index in [9.17, 15) is 13.2 Å². The Morgan fingerprint density at radius 3 is 1.91 bits per heavy atom. The maximum Gasteiger partial charge on any atom is 0.366 e. The molecular formula is C21H17ClN2O7S. The van der Waals surface area contributed by atoms with Crippen LogP contribution in [0.3, 0.4) is 0 Å². The van der Waals surface area contributed by atoms with E-state index in [0.29, 0.717) is 22.2 Å². The summed E-state index contributed by atoms with van der Waals surface area (Å²) in [5.74, 6) is 0.139. The lowest BCUT2D eigenvalue weighted by molar-refractivity contribution is 0.0516. The summed E-state index contributed by atoms with van der Waals surface area (Å²) in [6.07, 6.45) is 5.82. The lowest BCUT2D eigenvalue weighted by atomic mass is 10.1. The van der Waals surface area contributed by atoms with Crippen LogP contribution < -0.4 is 9.47 Å². The van der Waals surface area contributed by atoms with Crippen LogP contribution in [0.2, 0.25) is 5.02 Å². The molecule has 0 amide bonds. The first kappa shape index (κ1) is 23.0. The third-order valence-corrected chi connectivity index (χ3v) is 5.39. The standard InChI is InChI=1S/C21H17ClN2O7S/c1-28-18-11-14(12-19(13-18)29-2)21(25)30-23-16-5-7-17(8-6-16)24-31-32(26,27)20-9-3-15(22)4-10-20/h3-13H,1-2H3. The van der Waals surface area contributed by atoms with Gasteiger partial charge in [-0.25, -0.2) is 4.79 Å². The van der Waals surface area contributed by atoms with Crippen molar-refractivity contribution in [1.29, 1.82) is 0 Å². The average molecular weight is 477 g/mol. The number of rotatable bonds is 7. The molecule has 3 rings (SSSR count). The fourth-order valence-electron chi connectivity index (χ4n) is 2.38. The molecule has 0 saturated carbocycles. The quantitative estimate of drug-likeness (QED) is 0.339. The van der Waals surface area contributed by atoms with Crippen LogP contribution in [-0.2, 0) is 19.2 Å². The van der Waals surface area contributed by atoms with Gasteiger partial charge in [0.15, 0.2) is 0 Å². The summed E-state index contributed by atoms with van der Waals surface area (Å²) >= 11 is 5.75. The summed E-state index contributed by atoms with van der Waals surface area (Å²) in [4.78, 5) is 17.1. The lowest BCUT2D eigenvalue weighted by Crippen LogP contribution is -2.07. The van der Waals surface area contributed by atoms with E-state index in [2.05, 4.69) is 10.3 Å². The molecule has 9 nitrogen and oxygen atoms in total. The van der Waals surface area contributed by atoms with Crippen molar-refractivity contribution >= 4 is 39.1 Å². The first-order valence-corrected chi connectivity index (χ1v) is 10.7. The number of oxime groups is 2. The number of ether oxygens (including phenoxy) is 2. The van der Waals surface area contributed by atoms with Gasteiger partial charge < -0.3 is 14.3 Å². The van der Waals surface area contributed by atoms with Crippen molar-refractivity contribution in [1.82, 2.24) is 0 Å². The molecule has 0 radical (unpaired) electrons. The maximum absolute atomic E-state index is 12.2. The highest BCUT2D eigenvalue weighted by atomic mass is 35.5. The Hall–Kier alpha value is -3.63. The van der Waals surface area contributed by atoms with Gasteiger partial charge in [0.25, 0.3) is 0 Å². The fourth-order valence-corrected chi connectivity index (χ4v) is 3.25. The minimum absolute atomic E-state index is 0.0849. The molecule has 1 aliphatic rings. The highest BCUT2D eigenvalue weighted by Crippen LogP contribution is 2.23. The van der Waals surface area contributed by atoms with Gasteiger partial charge in [0.05, 0.1) is 19.8 Å². The predicted octanol–water partition coefficient (Wildman–Crippen LogP) is 3.76. The minimum Gasteiger partial charge on any atom is -0.497 e. The molecule has 0 fully saturated rings. The van der Waals surface area contributed by atoms with Crippen LogP contribution in [-0.4, -0.2) is 40.0 Å². The summed E-state index contributed by atoms with van der Waals surface area (Å²) in [6.45, 7) is 0. The van der Waals surface area contributed by atoms with Crippen molar-refractivity contribution in [2.45, 2.75) is 4.90 Å². The van der Waals surface area contributed by atoms with Crippen LogP contribution in [0.15, 0.2) is 82.0 Å². The zero-order valence-corrected chi connectivity index (χ0v) is 18.5. The molecule has 0 aromatic heterocycles. The maximum atomic E-state index is 12.2. The summed E-state index contributed by atoms with van der Waals surface area (Å²) in [5, 5.41) is 7.75. The van der Waals surface area contributed by atoms with Crippen LogP contribution in [0.25, 0.3) is 0 Å². The number of carbonyl (C=O) groups is 1. The minimum atomic E-state index is -4.09. The molecule has 0 spiro atoms. The number of halogens is 1. The van der Waals surface area contributed by atoms with Crippen molar-refractivity contribution in [2.75, 3.05) is 14.2 Å². The number of methoxy groups -OCH3 is 2. The van der Waals surface area contributed by atoms with Crippen molar-refractivity contribution in [3.63, 3.8) is 0 Å². The number of hydrogen-bond donors (Lipinski definition) is 0. The normalized spacial score (nSPS) is 12.8. The highest BCUT2D eigenvalue weighted by molar-refractivity contribution is 7.86. The molecule has 0 aliphatic heterocycles. The zero-order chi connectivity index (χ0) is 23.1. The van der Waals surface area contributed by atoms with E-state index < -0.39 is 16.1 Å². The van der Waals surface area contributed by atoms with E-state index in [1.54, 1.807) is 6.07 Å². The van der Waals surface area contributed by atoms with Gasteiger partial charge in [0.2, 0.25) is 0 Å². The van der Waals surface area contributed by atoms with E-state index in [-0.39, 0.29) is 16.2 Å². The van der Waals surface area contributed by atoms with Crippen LogP contribution in [0.1, 0.15) is 10.4 Å². The molecule has 2 aromatic carbocycles. The monoisotopic (exact) mass is 476 g/mol. The van der Waals surface area contributed by atoms with E-state index in [1.807, 2.05) is 0 Å². The third kappa shape index (κ3) is 5.96. The Kier molecular flexibility index (Phi) is 7.29. The molecule has 1 aliphatic carbocycles. The summed E-state index contributed by atoms with van der Waals surface area (Å²) < 4.78 is 39.2. The molecule has 2 aromatic rings. The van der Waals surface area contributed by atoms with Gasteiger partial charge >= 0.3 is 16.1 Å². The van der Waals surface area contributed by atoms with Gasteiger partial charge in [-0.3, -0.25) is 4.28 Å². The van der Waals surface area contributed by atoms with Gasteiger partial charge in [-0.1, -0.05) is 21.9 Å². The molecule has 0 bridgehead atoms. The molecule has 0 N–H and O–H groups in total. The van der Waals surface area contributed by atoms with Gasteiger partial charge in [-0.2, -0.15) is 8.42 Å². The smallest absolute Gasteiger partial charge is 0.366 e. The molecular weight excluding hydrogens is 460 g/mol. The largest absolute Gasteiger partial charge is 0.497 e. The highest BCUT2D eigenvalue weighted by Gasteiger charge is 2.16. The van der Waals surface area contributed by atoms with E-state index in [0.717, 1.165) is 0 Å². The van der Waals surface area contributed by atoms with Crippen LogP contribution in [0, 0.1) is 0 Å². The SMILES string of the molecule is COc1cc(OC)cc(C(=O)ON=C2C=CC(=NOS(=O)(=O)c3ccc(Cl)cc3)C=C2)c1. The van der Waals surface area contributed by atoms with E-state index >= 15 is 0 Å². The number of carbonyl (C=O) groups excluding carboxylic acids is 1. The molecule has 0 saturated heterocycles. The third-order valence-electron chi connectivity index (χ3n) is 4.01.